The third-order valence-corrected chi connectivity index (χ3v) is 3.20. The highest BCUT2D eigenvalue weighted by Crippen LogP contribution is 2.37. The number of ether oxygens (including phenoxy) is 1. The summed E-state index contributed by atoms with van der Waals surface area (Å²) in [5.74, 6) is 0.666. The van der Waals surface area contributed by atoms with E-state index in [1.54, 1.807) is 30.3 Å². The third-order valence-electron chi connectivity index (χ3n) is 2.96. The van der Waals surface area contributed by atoms with Gasteiger partial charge in [0.25, 0.3) is 0 Å². The maximum absolute atomic E-state index is 11.1. The van der Waals surface area contributed by atoms with E-state index in [1.165, 1.54) is 6.07 Å². The summed E-state index contributed by atoms with van der Waals surface area (Å²) in [6.07, 6.45) is 0.648. The number of nitrogens with zero attached hydrogens (tertiary/aromatic N) is 1. The molecule has 0 saturated heterocycles. The molecule has 0 aliphatic heterocycles. The maximum Gasteiger partial charge on any atom is 0.247 e. The highest BCUT2D eigenvalue weighted by Gasteiger charge is 2.17. The molecule has 102 valence electrons. The van der Waals surface area contributed by atoms with Crippen LogP contribution in [0.3, 0.4) is 0 Å². The van der Waals surface area contributed by atoms with Gasteiger partial charge < -0.3 is 9.15 Å². The van der Waals surface area contributed by atoms with Crippen molar-refractivity contribution < 1.29 is 13.9 Å². The van der Waals surface area contributed by atoms with E-state index in [1.807, 2.05) is 12.1 Å². The molecule has 0 N–H and O–H groups in total. The van der Waals surface area contributed by atoms with Gasteiger partial charge in [-0.3, -0.25) is 4.79 Å². The summed E-state index contributed by atoms with van der Waals surface area (Å²) >= 11 is 5.85. The van der Waals surface area contributed by atoms with Gasteiger partial charge in [-0.15, -0.1) is 0 Å². The average molecular weight is 298 g/mol. The fourth-order valence-electron chi connectivity index (χ4n) is 2.01. The molecule has 0 fully saturated rings. The van der Waals surface area contributed by atoms with Crippen LogP contribution >= 0.6 is 11.6 Å². The summed E-state index contributed by atoms with van der Waals surface area (Å²) in [5.41, 5.74) is 0.849. The summed E-state index contributed by atoms with van der Waals surface area (Å²) in [7, 11) is 0. The first-order valence-corrected chi connectivity index (χ1v) is 6.45. The quantitative estimate of drug-likeness (QED) is 0.665. The second-order valence-corrected chi connectivity index (χ2v) is 4.71. The third kappa shape index (κ3) is 2.35. The Bertz CT molecular complexity index is 877. The Labute approximate surface area is 125 Å². The topological polar surface area (TPSA) is 63.2 Å². The lowest BCUT2D eigenvalue weighted by atomic mass is 10.2. The molecule has 0 aliphatic carbocycles. The van der Waals surface area contributed by atoms with Crippen LogP contribution < -0.4 is 4.74 Å². The van der Waals surface area contributed by atoms with Crippen LogP contribution in [0.5, 0.6) is 11.5 Å². The fourth-order valence-corrected chi connectivity index (χ4v) is 2.19. The normalized spacial score (nSPS) is 10.3. The van der Waals surface area contributed by atoms with Crippen molar-refractivity contribution in [3.63, 3.8) is 0 Å². The Hall–Kier alpha value is -2.77. The number of nitriles is 1. The molecule has 0 aliphatic rings. The molecule has 0 radical (unpaired) electrons. The molecule has 1 heterocycles. The molecule has 0 bridgehead atoms. The SMILES string of the molecule is N#Cc1oc2ccccc2c1Oc1ccc(Cl)cc1C=O. The minimum absolute atomic E-state index is 0.0583. The molecule has 2 aromatic carbocycles. The van der Waals surface area contributed by atoms with Crippen LogP contribution in [-0.4, -0.2) is 6.29 Å². The highest BCUT2D eigenvalue weighted by molar-refractivity contribution is 6.30. The Morgan fingerprint density at radius 2 is 2.05 bits per heavy atom. The zero-order valence-corrected chi connectivity index (χ0v) is 11.4. The maximum atomic E-state index is 11.1. The monoisotopic (exact) mass is 297 g/mol. The van der Waals surface area contributed by atoms with E-state index in [0.717, 1.165) is 0 Å². The number of hydrogen-bond donors (Lipinski definition) is 0. The lowest BCUT2D eigenvalue weighted by molar-refractivity contribution is 0.112. The van der Waals surface area contributed by atoms with E-state index in [2.05, 4.69) is 0 Å². The van der Waals surface area contributed by atoms with Crippen LogP contribution in [0.4, 0.5) is 0 Å². The van der Waals surface area contributed by atoms with E-state index in [4.69, 9.17) is 26.0 Å². The molecule has 0 saturated carbocycles. The van der Waals surface area contributed by atoms with Crippen molar-refractivity contribution in [2.75, 3.05) is 0 Å². The van der Waals surface area contributed by atoms with Gasteiger partial charge >= 0.3 is 0 Å². The molecule has 21 heavy (non-hydrogen) atoms. The zero-order valence-electron chi connectivity index (χ0n) is 10.7. The number of furan rings is 1. The van der Waals surface area contributed by atoms with Crippen molar-refractivity contribution in [2.45, 2.75) is 0 Å². The zero-order chi connectivity index (χ0) is 14.8. The number of para-hydroxylation sites is 1. The molecular weight excluding hydrogens is 290 g/mol. The lowest BCUT2D eigenvalue weighted by Crippen LogP contribution is -1.91. The van der Waals surface area contributed by atoms with Gasteiger partial charge in [-0.1, -0.05) is 23.7 Å². The molecule has 0 atom stereocenters. The summed E-state index contributed by atoms with van der Waals surface area (Å²) in [4.78, 5) is 11.1. The predicted molar refractivity (Wildman–Crippen MR) is 77.8 cm³/mol. The Morgan fingerprint density at radius 3 is 2.81 bits per heavy atom. The van der Waals surface area contributed by atoms with Gasteiger partial charge in [0.1, 0.15) is 17.4 Å². The molecule has 3 rings (SSSR count). The van der Waals surface area contributed by atoms with Crippen molar-refractivity contribution in [2.24, 2.45) is 0 Å². The Kier molecular flexibility index (Phi) is 3.35. The van der Waals surface area contributed by atoms with Gasteiger partial charge in [0.2, 0.25) is 5.76 Å². The molecular formula is C16H8ClNO3. The molecule has 5 heteroatoms. The van der Waals surface area contributed by atoms with Crippen molar-refractivity contribution >= 4 is 28.9 Å². The smallest absolute Gasteiger partial charge is 0.247 e. The largest absolute Gasteiger partial charge is 0.451 e. The van der Waals surface area contributed by atoms with Crippen LogP contribution in [0, 0.1) is 11.3 Å². The van der Waals surface area contributed by atoms with Gasteiger partial charge in [-0.2, -0.15) is 5.26 Å². The fraction of sp³-hybridized carbons (Fsp3) is 0. The number of fused-ring (bicyclic) bond motifs is 1. The van der Waals surface area contributed by atoms with Crippen molar-refractivity contribution in [1.82, 2.24) is 0 Å². The summed E-state index contributed by atoms with van der Waals surface area (Å²) in [6, 6.07) is 13.8. The first-order valence-electron chi connectivity index (χ1n) is 6.07. The average Bonchev–Trinajstić information content (AvgIpc) is 2.87. The number of aldehydes is 1. The van der Waals surface area contributed by atoms with Crippen LogP contribution in [-0.2, 0) is 0 Å². The minimum atomic E-state index is 0.0583. The van der Waals surface area contributed by atoms with Crippen molar-refractivity contribution in [3.05, 3.63) is 58.8 Å². The minimum Gasteiger partial charge on any atom is -0.451 e. The number of carbonyl (C=O) groups excluding carboxylic acids is 1. The number of carbonyl (C=O) groups is 1. The number of rotatable bonds is 3. The first kappa shape index (κ1) is 13.2. The van der Waals surface area contributed by atoms with E-state index in [0.29, 0.717) is 39.3 Å². The van der Waals surface area contributed by atoms with Crippen LogP contribution in [0.25, 0.3) is 11.0 Å². The summed E-state index contributed by atoms with van der Waals surface area (Å²) < 4.78 is 11.1. The van der Waals surface area contributed by atoms with Gasteiger partial charge in [-0.25, -0.2) is 0 Å². The van der Waals surface area contributed by atoms with Gasteiger partial charge in [0.15, 0.2) is 12.0 Å². The Balaban J connectivity index is 2.14. The van der Waals surface area contributed by atoms with Gasteiger partial charge in [0.05, 0.1) is 10.9 Å². The molecule has 1 aromatic heterocycles. The van der Waals surface area contributed by atoms with E-state index < -0.39 is 0 Å². The Morgan fingerprint density at radius 1 is 1.24 bits per heavy atom. The predicted octanol–water partition coefficient (Wildman–Crippen LogP) is 4.56. The first-order chi connectivity index (χ1) is 10.2. The van der Waals surface area contributed by atoms with E-state index in [9.17, 15) is 4.79 Å². The van der Waals surface area contributed by atoms with E-state index in [-0.39, 0.29) is 5.76 Å². The summed E-state index contributed by atoms with van der Waals surface area (Å²) in [5, 5.41) is 10.3. The van der Waals surface area contributed by atoms with Crippen molar-refractivity contribution in [1.29, 1.82) is 5.26 Å². The molecule has 0 spiro atoms. The molecule has 3 aromatic rings. The van der Waals surface area contributed by atoms with E-state index >= 15 is 0 Å². The second-order valence-electron chi connectivity index (χ2n) is 4.27. The number of hydrogen-bond acceptors (Lipinski definition) is 4. The molecule has 4 nitrogen and oxygen atoms in total. The number of benzene rings is 2. The second kappa shape index (κ2) is 5.31. The molecule has 0 unspecified atom stereocenters. The van der Waals surface area contributed by atoms with Gasteiger partial charge in [0, 0.05) is 5.02 Å². The van der Waals surface area contributed by atoms with Crippen molar-refractivity contribution in [3.8, 4) is 17.6 Å². The molecule has 0 amide bonds. The van der Waals surface area contributed by atoms with Crippen LogP contribution in [0.2, 0.25) is 5.02 Å². The lowest BCUT2D eigenvalue weighted by Gasteiger charge is -2.07. The number of halogens is 1. The summed E-state index contributed by atoms with van der Waals surface area (Å²) in [6.45, 7) is 0. The van der Waals surface area contributed by atoms with Crippen LogP contribution in [0.15, 0.2) is 46.9 Å². The standard InChI is InChI=1S/C16H8ClNO3/c17-11-5-6-13(10(7-11)9-19)21-16-12-3-1-2-4-14(12)20-15(16)8-18/h1-7,9H. The van der Waals surface area contributed by atoms with Gasteiger partial charge in [-0.05, 0) is 30.3 Å². The highest BCUT2D eigenvalue weighted by atomic mass is 35.5. The van der Waals surface area contributed by atoms with Crippen LogP contribution in [0.1, 0.15) is 16.1 Å².